The van der Waals surface area contributed by atoms with Crippen molar-refractivity contribution in [1.29, 1.82) is 0 Å². The molecule has 1 aliphatic rings. The predicted molar refractivity (Wildman–Crippen MR) is 128 cm³/mol. The van der Waals surface area contributed by atoms with E-state index in [0.29, 0.717) is 0 Å². The van der Waals surface area contributed by atoms with Gasteiger partial charge in [-0.1, -0.05) is 29.8 Å². The number of halogens is 1. The molecule has 0 radical (unpaired) electrons. The summed E-state index contributed by atoms with van der Waals surface area (Å²) in [7, 11) is 0. The van der Waals surface area contributed by atoms with Gasteiger partial charge in [-0.25, -0.2) is 4.98 Å². The highest BCUT2D eigenvalue weighted by Gasteiger charge is 2.16. The maximum atomic E-state index is 5.48. The first-order valence-corrected chi connectivity index (χ1v) is 11.6. The molecule has 0 amide bonds. The Morgan fingerprint density at radius 1 is 0.967 bits per heavy atom. The van der Waals surface area contributed by atoms with Crippen LogP contribution in [-0.2, 0) is 4.74 Å². The maximum Gasteiger partial charge on any atom is 0.151 e. The van der Waals surface area contributed by atoms with E-state index >= 15 is 0 Å². The largest absolute Gasteiger partial charge is 0.378 e. The van der Waals surface area contributed by atoms with E-state index in [9.17, 15) is 0 Å². The van der Waals surface area contributed by atoms with Crippen LogP contribution in [0.15, 0.2) is 76.2 Å². The third kappa shape index (κ3) is 3.87. The fourth-order valence-electron chi connectivity index (χ4n) is 3.71. The van der Waals surface area contributed by atoms with Crippen molar-refractivity contribution >= 4 is 44.6 Å². The van der Waals surface area contributed by atoms with Crippen molar-refractivity contribution in [3.8, 4) is 11.3 Å². The van der Waals surface area contributed by atoms with Gasteiger partial charge < -0.3 is 9.64 Å². The van der Waals surface area contributed by atoms with Crippen LogP contribution in [-0.4, -0.2) is 35.3 Å². The molecular formula is C24H22BrN3OS. The van der Waals surface area contributed by atoms with Crippen LogP contribution in [0.1, 0.15) is 5.56 Å². The molecule has 4 aromatic rings. The van der Waals surface area contributed by atoms with Gasteiger partial charge in [-0.05, 0) is 76.8 Å². The highest BCUT2D eigenvalue weighted by atomic mass is 79.9. The van der Waals surface area contributed by atoms with Crippen molar-refractivity contribution in [2.24, 2.45) is 0 Å². The monoisotopic (exact) mass is 479 g/mol. The summed E-state index contributed by atoms with van der Waals surface area (Å²) in [5, 5.41) is 1.12. The summed E-state index contributed by atoms with van der Waals surface area (Å²) in [6, 6.07) is 21.7. The third-order valence-corrected chi connectivity index (χ3v) is 7.09. The molecule has 0 unspecified atom stereocenters. The fourth-order valence-corrected chi connectivity index (χ4v) is 5.07. The van der Waals surface area contributed by atoms with Gasteiger partial charge in [0, 0.05) is 39.7 Å². The SMILES string of the molecule is Cc1ccc(Sn2c(-c3ccc(N4CCOCC4)cc3)cc3c(Br)ccnc32)cc1. The molecule has 2 aromatic carbocycles. The number of morpholine rings is 1. The average Bonchev–Trinajstić information content (AvgIpc) is 3.16. The standard InChI is InChI=1S/C24H22BrN3OS/c1-17-2-8-20(9-3-17)30-28-23(16-21-22(25)10-11-26-24(21)28)18-4-6-19(7-5-18)27-12-14-29-15-13-27/h2-11,16H,12-15H2,1H3. The average molecular weight is 480 g/mol. The van der Waals surface area contributed by atoms with Gasteiger partial charge in [0.2, 0.25) is 0 Å². The third-order valence-electron chi connectivity index (χ3n) is 5.37. The predicted octanol–water partition coefficient (Wildman–Crippen LogP) is 6.17. The summed E-state index contributed by atoms with van der Waals surface area (Å²) in [6.07, 6.45) is 1.85. The molecule has 1 fully saturated rings. The van der Waals surface area contributed by atoms with Crippen LogP contribution in [0.2, 0.25) is 0 Å². The Morgan fingerprint density at radius 3 is 2.43 bits per heavy atom. The maximum absolute atomic E-state index is 5.48. The lowest BCUT2D eigenvalue weighted by Crippen LogP contribution is -2.36. The molecule has 152 valence electrons. The van der Waals surface area contributed by atoms with Crippen molar-refractivity contribution in [3.63, 3.8) is 0 Å². The molecule has 0 saturated carbocycles. The van der Waals surface area contributed by atoms with E-state index < -0.39 is 0 Å². The topological polar surface area (TPSA) is 30.3 Å². The number of pyridine rings is 1. The molecule has 0 aliphatic carbocycles. The first-order valence-electron chi connectivity index (χ1n) is 10.0. The number of anilines is 1. The number of hydrogen-bond donors (Lipinski definition) is 0. The molecule has 0 N–H and O–H groups in total. The zero-order chi connectivity index (χ0) is 20.5. The van der Waals surface area contributed by atoms with Crippen LogP contribution in [0.3, 0.4) is 0 Å². The number of rotatable bonds is 4. The summed E-state index contributed by atoms with van der Waals surface area (Å²) in [5.74, 6) is 0. The second kappa shape index (κ2) is 8.46. The molecule has 1 aliphatic heterocycles. The van der Waals surface area contributed by atoms with Gasteiger partial charge in [0.25, 0.3) is 0 Å². The number of aryl methyl sites for hydroxylation is 1. The molecule has 30 heavy (non-hydrogen) atoms. The van der Waals surface area contributed by atoms with Crippen LogP contribution in [0.5, 0.6) is 0 Å². The molecule has 4 nitrogen and oxygen atoms in total. The van der Waals surface area contributed by atoms with Crippen LogP contribution >= 0.6 is 27.9 Å². The number of hydrogen-bond acceptors (Lipinski definition) is 4. The van der Waals surface area contributed by atoms with Gasteiger partial charge in [-0.15, -0.1) is 0 Å². The summed E-state index contributed by atoms with van der Waals surface area (Å²) < 4.78 is 8.77. The minimum atomic E-state index is 0.795. The van der Waals surface area contributed by atoms with Crippen LogP contribution < -0.4 is 4.90 Å². The number of nitrogens with zero attached hydrogens (tertiary/aromatic N) is 3. The van der Waals surface area contributed by atoms with Gasteiger partial charge >= 0.3 is 0 Å². The van der Waals surface area contributed by atoms with E-state index in [0.717, 1.165) is 47.5 Å². The van der Waals surface area contributed by atoms with Gasteiger partial charge in [0.1, 0.15) is 0 Å². The lowest BCUT2D eigenvalue weighted by atomic mass is 10.1. The van der Waals surface area contributed by atoms with E-state index in [2.05, 4.69) is 91.3 Å². The second-order valence-corrected chi connectivity index (χ2v) is 9.28. The van der Waals surface area contributed by atoms with Crippen LogP contribution in [0, 0.1) is 6.92 Å². The molecule has 0 atom stereocenters. The van der Waals surface area contributed by atoms with Crippen molar-refractivity contribution in [2.45, 2.75) is 11.8 Å². The van der Waals surface area contributed by atoms with Crippen molar-refractivity contribution in [1.82, 2.24) is 8.96 Å². The number of benzene rings is 2. The Balaban J connectivity index is 1.56. The molecule has 0 bridgehead atoms. The van der Waals surface area contributed by atoms with Gasteiger partial charge in [0.15, 0.2) is 5.65 Å². The Morgan fingerprint density at radius 2 is 1.70 bits per heavy atom. The fraction of sp³-hybridized carbons (Fsp3) is 0.208. The van der Waals surface area contributed by atoms with Crippen LogP contribution in [0.4, 0.5) is 5.69 Å². The molecule has 0 spiro atoms. The molecule has 3 heterocycles. The number of aromatic nitrogens is 2. The molecule has 6 heteroatoms. The van der Waals surface area contributed by atoms with Crippen molar-refractivity contribution in [2.75, 3.05) is 31.2 Å². The minimum absolute atomic E-state index is 0.795. The normalized spacial score (nSPS) is 14.4. The van der Waals surface area contributed by atoms with Crippen molar-refractivity contribution < 1.29 is 4.74 Å². The number of ether oxygens (including phenoxy) is 1. The summed E-state index contributed by atoms with van der Waals surface area (Å²) in [4.78, 5) is 8.25. The minimum Gasteiger partial charge on any atom is -0.378 e. The van der Waals surface area contributed by atoms with Gasteiger partial charge in [-0.3, -0.25) is 3.97 Å². The van der Waals surface area contributed by atoms with Crippen molar-refractivity contribution in [3.05, 3.63) is 76.9 Å². The van der Waals surface area contributed by atoms with Crippen LogP contribution in [0.25, 0.3) is 22.3 Å². The summed E-state index contributed by atoms with van der Waals surface area (Å²) >= 11 is 5.40. The van der Waals surface area contributed by atoms with E-state index in [1.165, 1.54) is 21.7 Å². The zero-order valence-electron chi connectivity index (χ0n) is 16.7. The Kier molecular flexibility index (Phi) is 5.54. The lowest BCUT2D eigenvalue weighted by Gasteiger charge is -2.28. The molecule has 1 saturated heterocycles. The summed E-state index contributed by atoms with van der Waals surface area (Å²) in [6.45, 7) is 5.59. The highest BCUT2D eigenvalue weighted by molar-refractivity contribution is 9.10. The second-order valence-electron chi connectivity index (χ2n) is 7.40. The Bertz CT molecular complexity index is 1170. The highest BCUT2D eigenvalue weighted by Crippen LogP contribution is 2.37. The first-order chi connectivity index (χ1) is 14.7. The lowest BCUT2D eigenvalue weighted by molar-refractivity contribution is 0.122. The van der Waals surface area contributed by atoms with E-state index in [1.807, 2.05) is 12.3 Å². The zero-order valence-corrected chi connectivity index (χ0v) is 19.1. The van der Waals surface area contributed by atoms with E-state index in [1.54, 1.807) is 11.9 Å². The smallest absolute Gasteiger partial charge is 0.151 e. The Labute approximate surface area is 189 Å². The summed E-state index contributed by atoms with van der Waals surface area (Å²) in [5.41, 5.74) is 5.79. The molecule has 5 rings (SSSR count). The van der Waals surface area contributed by atoms with Gasteiger partial charge in [-0.2, -0.15) is 0 Å². The number of fused-ring (bicyclic) bond motifs is 1. The van der Waals surface area contributed by atoms with Gasteiger partial charge in [0.05, 0.1) is 18.9 Å². The molecule has 2 aromatic heterocycles. The molecular weight excluding hydrogens is 458 g/mol. The van der Waals surface area contributed by atoms with E-state index in [-0.39, 0.29) is 0 Å². The first kappa shape index (κ1) is 19.7. The van der Waals surface area contributed by atoms with E-state index in [4.69, 9.17) is 4.74 Å². The Hall–Kier alpha value is -2.28. The quantitative estimate of drug-likeness (QED) is 0.350.